The lowest BCUT2D eigenvalue weighted by Crippen LogP contribution is -1.96. The van der Waals surface area contributed by atoms with Crippen LogP contribution in [0.5, 0.6) is 0 Å². The number of aldehydes is 1. The molecule has 0 amide bonds. The molecule has 0 radical (unpaired) electrons. The zero-order valence-electron chi connectivity index (χ0n) is 12.3. The van der Waals surface area contributed by atoms with Crippen LogP contribution in [0.15, 0.2) is 36.7 Å². The summed E-state index contributed by atoms with van der Waals surface area (Å²) < 4.78 is 15.8. The summed E-state index contributed by atoms with van der Waals surface area (Å²) >= 11 is 0. The first kappa shape index (κ1) is 13.5. The molecule has 1 aromatic carbocycles. The Morgan fingerprint density at radius 2 is 2.17 bits per heavy atom. The summed E-state index contributed by atoms with van der Waals surface area (Å²) in [6.07, 6.45) is 4.21. The number of carbonyl (C=O) groups excluding carboxylic acids is 1. The van der Waals surface area contributed by atoms with Crippen molar-refractivity contribution >= 4 is 28.7 Å². The summed E-state index contributed by atoms with van der Waals surface area (Å²) in [5, 5.41) is 0.920. The lowest BCUT2D eigenvalue weighted by Gasteiger charge is -2.10. The van der Waals surface area contributed by atoms with Gasteiger partial charge in [-0.05, 0) is 47.9 Å². The smallest absolute Gasteiger partial charge is 0.170 e. The lowest BCUT2D eigenvalue weighted by molar-refractivity contribution is 0.111. The number of aromatic nitrogens is 3. The van der Waals surface area contributed by atoms with Gasteiger partial charge in [-0.3, -0.25) is 9.20 Å². The van der Waals surface area contributed by atoms with Crippen molar-refractivity contribution in [2.24, 2.45) is 0 Å². The van der Waals surface area contributed by atoms with E-state index in [1.165, 1.54) is 6.07 Å². The van der Waals surface area contributed by atoms with E-state index in [4.69, 9.17) is 5.73 Å². The number of rotatable bonds is 2. The van der Waals surface area contributed by atoms with Gasteiger partial charge in [0.1, 0.15) is 17.2 Å². The zero-order valence-corrected chi connectivity index (χ0v) is 12.3. The molecule has 0 bridgehead atoms. The van der Waals surface area contributed by atoms with Crippen molar-refractivity contribution in [3.8, 4) is 11.1 Å². The van der Waals surface area contributed by atoms with Gasteiger partial charge in [-0.15, -0.1) is 0 Å². The van der Waals surface area contributed by atoms with Crippen LogP contribution in [0.25, 0.3) is 27.7 Å². The van der Waals surface area contributed by atoms with Gasteiger partial charge in [-0.1, -0.05) is 0 Å². The highest BCUT2D eigenvalue weighted by Gasteiger charge is 2.15. The molecule has 6 heteroatoms. The highest BCUT2D eigenvalue weighted by molar-refractivity contribution is 5.97. The number of nitrogens with two attached hydrogens (primary N) is 1. The maximum absolute atomic E-state index is 14.2. The Morgan fingerprint density at radius 1 is 1.35 bits per heavy atom. The van der Waals surface area contributed by atoms with Gasteiger partial charge < -0.3 is 10.7 Å². The first-order valence-electron chi connectivity index (χ1n) is 7.09. The number of imidazole rings is 1. The van der Waals surface area contributed by atoms with Gasteiger partial charge in [0.2, 0.25) is 0 Å². The summed E-state index contributed by atoms with van der Waals surface area (Å²) in [5.74, 6) is -0.101. The van der Waals surface area contributed by atoms with Crippen LogP contribution >= 0.6 is 0 Å². The molecule has 23 heavy (non-hydrogen) atoms. The molecule has 0 aliphatic carbocycles. The van der Waals surface area contributed by atoms with E-state index in [2.05, 4.69) is 9.97 Å². The number of benzene rings is 1. The predicted molar refractivity (Wildman–Crippen MR) is 87.0 cm³/mol. The third kappa shape index (κ3) is 1.85. The molecule has 0 saturated carbocycles. The van der Waals surface area contributed by atoms with Crippen molar-refractivity contribution in [3.63, 3.8) is 0 Å². The number of nitrogens with one attached hydrogen (secondary N) is 1. The second kappa shape index (κ2) is 4.67. The Balaban J connectivity index is 2.08. The second-order valence-electron chi connectivity index (χ2n) is 5.44. The Bertz CT molecular complexity index is 1080. The number of pyridine rings is 1. The molecular formula is C17H13FN4O. The molecule has 3 heterocycles. The second-order valence-corrected chi connectivity index (χ2v) is 5.44. The fourth-order valence-corrected chi connectivity index (χ4v) is 2.99. The van der Waals surface area contributed by atoms with E-state index < -0.39 is 0 Å². The molecule has 0 spiro atoms. The SMILES string of the molecule is Cc1c(F)cc2[nH]ccc2c1-c1ccc2nc(N)c(C=O)n2c1. The Kier molecular flexibility index (Phi) is 2.74. The third-order valence-corrected chi connectivity index (χ3v) is 4.14. The van der Waals surface area contributed by atoms with Gasteiger partial charge in [-0.2, -0.15) is 0 Å². The van der Waals surface area contributed by atoms with Crippen LogP contribution in [0.1, 0.15) is 16.1 Å². The molecule has 0 saturated heterocycles. The number of H-pyrrole nitrogens is 1. The van der Waals surface area contributed by atoms with E-state index in [0.29, 0.717) is 23.2 Å². The highest BCUT2D eigenvalue weighted by atomic mass is 19.1. The summed E-state index contributed by atoms with van der Waals surface area (Å²) in [7, 11) is 0. The molecule has 0 fully saturated rings. The van der Waals surface area contributed by atoms with Crippen molar-refractivity contribution in [3.05, 3.63) is 53.7 Å². The van der Waals surface area contributed by atoms with Gasteiger partial charge in [0, 0.05) is 23.3 Å². The molecular weight excluding hydrogens is 295 g/mol. The molecule has 3 N–H and O–H groups in total. The van der Waals surface area contributed by atoms with E-state index in [9.17, 15) is 9.18 Å². The average Bonchev–Trinajstić information content (AvgIpc) is 3.10. The Labute approximate surface area is 130 Å². The van der Waals surface area contributed by atoms with Gasteiger partial charge in [-0.25, -0.2) is 9.37 Å². The molecule has 0 atom stereocenters. The van der Waals surface area contributed by atoms with Gasteiger partial charge in [0.05, 0.1) is 0 Å². The molecule has 0 aliphatic rings. The van der Waals surface area contributed by atoms with E-state index in [1.807, 2.05) is 12.1 Å². The van der Waals surface area contributed by atoms with E-state index >= 15 is 0 Å². The molecule has 0 aliphatic heterocycles. The van der Waals surface area contributed by atoms with Crippen LogP contribution in [0.3, 0.4) is 0 Å². The monoisotopic (exact) mass is 308 g/mol. The van der Waals surface area contributed by atoms with Crippen molar-refractivity contribution in [2.45, 2.75) is 6.92 Å². The van der Waals surface area contributed by atoms with Crippen molar-refractivity contribution in [1.82, 2.24) is 14.4 Å². The number of nitrogens with zero attached hydrogens (tertiary/aromatic N) is 2. The van der Waals surface area contributed by atoms with Gasteiger partial charge >= 0.3 is 0 Å². The van der Waals surface area contributed by atoms with Crippen LogP contribution in [-0.4, -0.2) is 20.7 Å². The topological polar surface area (TPSA) is 76.2 Å². The van der Waals surface area contributed by atoms with E-state index in [0.717, 1.165) is 22.0 Å². The van der Waals surface area contributed by atoms with E-state index in [1.54, 1.807) is 29.8 Å². The zero-order chi connectivity index (χ0) is 16.1. The lowest BCUT2D eigenvalue weighted by atomic mass is 9.97. The number of hydrogen-bond acceptors (Lipinski definition) is 3. The van der Waals surface area contributed by atoms with E-state index in [-0.39, 0.29) is 11.6 Å². The minimum atomic E-state index is -0.282. The Morgan fingerprint density at radius 3 is 2.96 bits per heavy atom. The normalized spacial score (nSPS) is 11.4. The summed E-state index contributed by atoms with van der Waals surface area (Å²) in [6.45, 7) is 1.74. The van der Waals surface area contributed by atoms with Crippen LogP contribution in [0.2, 0.25) is 0 Å². The maximum atomic E-state index is 14.2. The first-order valence-corrected chi connectivity index (χ1v) is 7.09. The molecule has 114 valence electrons. The highest BCUT2D eigenvalue weighted by Crippen LogP contribution is 2.33. The molecule has 0 unspecified atom stereocenters. The summed E-state index contributed by atoms with van der Waals surface area (Å²) in [5.41, 5.74) is 9.48. The van der Waals surface area contributed by atoms with Gasteiger partial charge in [0.15, 0.2) is 12.1 Å². The van der Waals surface area contributed by atoms with Crippen molar-refractivity contribution in [2.75, 3.05) is 5.73 Å². The first-order chi connectivity index (χ1) is 11.1. The number of aromatic amines is 1. The van der Waals surface area contributed by atoms with Gasteiger partial charge in [0.25, 0.3) is 0 Å². The minimum Gasteiger partial charge on any atom is -0.382 e. The fraction of sp³-hybridized carbons (Fsp3) is 0.0588. The number of hydrogen-bond donors (Lipinski definition) is 2. The summed E-state index contributed by atoms with van der Waals surface area (Å²) in [4.78, 5) is 18.4. The van der Waals surface area contributed by atoms with Crippen LogP contribution < -0.4 is 5.73 Å². The molecule has 3 aromatic heterocycles. The number of carbonyl (C=O) groups is 1. The number of nitrogen functional groups attached to an aromatic ring is 1. The largest absolute Gasteiger partial charge is 0.382 e. The maximum Gasteiger partial charge on any atom is 0.170 e. The summed E-state index contributed by atoms with van der Waals surface area (Å²) in [6, 6.07) is 7.01. The Hall–Kier alpha value is -3.15. The minimum absolute atomic E-state index is 0.180. The van der Waals surface area contributed by atoms with Crippen LogP contribution in [0.4, 0.5) is 10.2 Å². The molecule has 4 rings (SSSR count). The third-order valence-electron chi connectivity index (χ3n) is 4.14. The van der Waals surface area contributed by atoms with Crippen molar-refractivity contribution < 1.29 is 9.18 Å². The van der Waals surface area contributed by atoms with Crippen LogP contribution in [0, 0.1) is 12.7 Å². The van der Waals surface area contributed by atoms with Crippen LogP contribution in [-0.2, 0) is 0 Å². The standard InChI is InChI=1S/C17H13FN4O/c1-9-12(18)6-13-11(4-5-20-13)16(9)10-2-3-15-21-17(19)14(8-23)22(15)7-10/h2-8,20H,19H2,1H3. The predicted octanol–water partition coefficient (Wildman–Crippen LogP) is 3.32. The van der Waals surface area contributed by atoms with Crippen molar-refractivity contribution in [1.29, 1.82) is 0 Å². The fourth-order valence-electron chi connectivity index (χ4n) is 2.99. The molecule has 4 aromatic rings. The number of anilines is 1. The average molecular weight is 308 g/mol. The number of fused-ring (bicyclic) bond motifs is 2. The quantitative estimate of drug-likeness (QED) is 0.558. The number of halogens is 1. The molecule has 5 nitrogen and oxygen atoms in total.